The SMILES string of the molecule is O=C(N/N=C/c1ccc2c(c1)OCO2)c1cn2ccccc2n1. The second-order valence-corrected chi connectivity index (χ2v) is 4.90. The first-order valence-corrected chi connectivity index (χ1v) is 6.96. The minimum atomic E-state index is -0.370. The van der Waals surface area contributed by atoms with Crippen molar-refractivity contribution in [3.8, 4) is 11.5 Å². The molecule has 23 heavy (non-hydrogen) atoms. The van der Waals surface area contributed by atoms with Gasteiger partial charge in [-0.1, -0.05) is 6.07 Å². The molecule has 1 aromatic carbocycles. The monoisotopic (exact) mass is 308 g/mol. The minimum Gasteiger partial charge on any atom is -0.454 e. The normalized spacial score (nSPS) is 12.9. The minimum absolute atomic E-state index is 0.223. The van der Waals surface area contributed by atoms with Crippen LogP contribution >= 0.6 is 0 Å². The number of amides is 1. The second-order valence-electron chi connectivity index (χ2n) is 4.90. The fraction of sp³-hybridized carbons (Fsp3) is 0.0625. The summed E-state index contributed by atoms with van der Waals surface area (Å²) in [6.07, 6.45) is 5.02. The zero-order valence-electron chi connectivity index (χ0n) is 12.0. The molecule has 0 saturated heterocycles. The molecule has 7 nitrogen and oxygen atoms in total. The molecule has 0 spiro atoms. The van der Waals surface area contributed by atoms with Crippen LogP contribution in [0, 0.1) is 0 Å². The zero-order chi connectivity index (χ0) is 15.6. The molecule has 0 saturated carbocycles. The molecular weight excluding hydrogens is 296 g/mol. The Morgan fingerprint density at radius 3 is 3.09 bits per heavy atom. The van der Waals surface area contributed by atoms with Gasteiger partial charge in [-0.05, 0) is 35.9 Å². The summed E-state index contributed by atoms with van der Waals surface area (Å²) in [7, 11) is 0. The quantitative estimate of drug-likeness (QED) is 0.591. The van der Waals surface area contributed by atoms with Crippen LogP contribution in [-0.4, -0.2) is 28.3 Å². The van der Waals surface area contributed by atoms with E-state index in [9.17, 15) is 4.79 Å². The third-order valence-electron chi connectivity index (χ3n) is 3.37. The molecule has 1 N–H and O–H groups in total. The molecule has 0 atom stereocenters. The van der Waals surface area contributed by atoms with Gasteiger partial charge in [-0.15, -0.1) is 0 Å². The molecule has 7 heteroatoms. The third kappa shape index (κ3) is 2.59. The van der Waals surface area contributed by atoms with Crippen LogP contribution in [0.3, 0.4) is 0 Å². The highest BCUT2D eigenvalue weighted by molar-refractivity contribution is 5.93. The van der Waals surface area contributed by atoms with Gasteiger partial charge >= 0.3 is 0 Å². The number of carbonyl (C=O) groups excluding carboxylic acids is 1. The van der Waals surface area contributed by atoms with Gasteiger partial charge in [-0.2, -0.15) is 5.10 Å². The highest BCUT2D eigenvalue weighted by Gasteiger charge is 2.13. The van der Waals surface area contributed by atoms with Gasteiger partial charge in [0, 0.05) is 12.4 Å². The van der Waals surface area contributed by atoms with Crippen molar-refractivity contribution in [1.82, 2.24) is 14.8 Å². The Kier molecular flexibility index (Phi) is 3.16. The molecule has 0 radical (unpaired) electrons. The number of nitrogens with zero attached hydrogens (tertiary/aromatic N) is 3. The average molecular weight is 308 g/mol. The predicted octanol–water partition coefficient (Wildman–Crippen LogP) is 1.83. The van der Waals surface area contributed by atoms with Gasteiger partial charge in [-0.25, -0.2) is 10.4 Å². The summed E-state index contributed by atoms with van der Waals surface area (Å²) in [6, 6.07) is 11.0. The van der Waals surface area contributed by atoms with Crippen LogP contribution in [0.4, 0.5) is 0 Å². The van der Waals surface area contributed by atoms with E-state index < -0.39 is 0 Å². The summed E-state index contributed by atoms with van der Waals surface area (Å²) in [5, 5.41) is 3.94. The number of ether oxygens (including phenoxy) is 2. The van der Waals surface area contributed by atoms with E-state index in [-0.39, 0.29) is 12.7 Å². The number of aromatic nitrogens is 2. The van der Waals surface area contributed by atoms with Gasteiger partial charge in [0.2, 0.25) is 6.79 Å². The summed E-state index contributed by atoms with van der Waals surface area (Å²) in [5.41, 5.74) is 4.27. The van der Waals surface area contributed by atoms with Gasteiger partial charge in [0.25, 0.3) is 5.91 Å². The number of pyridine rings is 1. The van der Waals surface area contributed by atoms with Crippen molar-refractivity contribution < 1.29 is 14.3 Å². The average Bonchev–Trinajstić information content (AvgIpc) is 3.20. The third-order valence-corrected chi connectivity index (χ3v) is 3.37. The van der Waals surface area contributed by atoms with E-state index in [2.05, 4.69) is 15.5 Å². The lowest BCUT2D eigenvalue weighted by atomic mass is 10.2. The lowest BCUT2D eigenvalue weighted by Gasteiger charge is -1.98. The van der Waals surface area contributed by atoms with E-state index in [1.165, 1.54) is 6.21 Å². The zero-order valence-corrected chi connectivity index (χ0v) is 12.0. The van der Waals surface area contributed by atoms with Gasteiger partial charge in [0.05, 0.1) is 6.21 Å². The number of fused-ring (bicyclic) bond motifs is 2. The molecule has 0 fully saturated rings. The summed E-state index contributed by atoms with van der Waals surface area (Å²) in [4.78, 5) is 16.3. The van der Waals surface area contributed by atoms with E-state index in [1.807, 2.05) is 30.5 Å². The first-order chi connectivity index (χ1) is 11.3. The number of rotatable bonds is 3. The summed E-state index contributed by atoms with van der Waals surface area (Å²) in [5.74, 6) is 1.00. The van der Waals surface area contributed by atoms with Crippen molar-refractivity contribution in [1.29, 1.82) is 0 Å². The summed E-state index contributed by atoms with van der Waals surface area (Å²) in [6.45, 7) is 0.223. The Balaban J connectivity index is 1.46. The molecule has 3 aromatic rings. The van der Waals surface area contributed by atoms with Crippen LogP contribution in [0.25, 0.3) is 5.65 Å². The highest BCUT2D eigenvalue weighted by atomic mass is 16.7. The fourth-order valence-corrected chi connectivity index (χ4v) is 2.26. The standard InChI is InChI=1S/C16H12N4O3/c21-16(12-9-20-6-2-1-3-15(20)18-12)19-17-8-11-4-5-13-14(7-11)23-10-22-13/h1-9H,10H2,(H,19,21)/b17-8+. The molecule has 114 valence electrons. The predicted molar refractivity (Wildman–Crippen MR) is 82.8 cm³/mol. The molecule has 0 aliphatic carbocycles. The maximum Gasteiger partial charge on any atom is 0.291 e. The molecular formula is C16H12N4O3. The maximum absolute atomic E-state index is 12.0. The Hall–Kier alpha value is -3.35. The van der Waals surface area contributed by atoms with Crippen molar-refractivity contribution in [2.75, 3.05) is 6.79 Å². The van der Waals surface area contributed by atoms with Crippen LogP contribution in [0.2, 0.25) is 0 Å². The first-order valence-electron chi connectivity index (χ1n) is 6.96. The van der Waals surface area contributed by atoms with Crippen molar-refractivity contribution in [3.63, 3.8) is 0 Å². The molecule has 1 amide bonds. The molecule has 4 rings (SSSR count). The van der Waals surface area contributed by atoms with Gasteiger partial charge < -0.3 is 13.9 Å². The van der Waals surface area contributed by atoms with Crippen molar-refractivity contribution in [2.45, 2.75) is 0 Å². The lowest BCUT2D eigenvalue weighted by Crippen LogP contribution is -2.17. The number of hydrazone groups is 1. The van der Waals surface area contributed by atoms with Crippen LogP contribution in [0.1, 0.15) is 16.1 Å². The molecule has 3 heterocycles. The number of hydrogen-bond acceptors (Lipinski definition) is 5. The Morgan fingerprint density at radius 2 is 2.17 bits per heavy atom. The van der Waals surface area contributed by atoms with Crippen LogP contribution < -0.4 is 14.9 Å². The topological polar surface area (TPSA) is 77.2 Å². The van der Waals surface area contributed by atoms with E-state index in [0.717, 1.165) is 5.56 Å². The van der Waals surface area contributed by atoms with Gasteiger partial charge in [-0.3, -0.25) is 4.79 Å². The van der Waals surface area contributed by atoms with Crippen molar-refractivity contribution in [2.24, 2.45) is 5.10 Å². The maximum atomic E-state index is 12.0. The van der Waals surface area contributed by atoms with Crippen LogP contribution in [0.5, 0.6) is 11.5 Å². The molecule has 0 unspecified atom stereocenters. The number of imidazole rings is 1. The van der Waals surface area contributed by atoms with E-state index in [0.29, 0.717) is 22.8 Å². The smallest absolute Gasteiger partial charge is 0.291 e. The van der Waals surface area contributed by atoms with E-state index in [4.69, 9.17) is 9.47 Å². The van der Waals surface area contributed by atoms with Crippen molar-refractivity contribution >= 4 is 17.8 Å². The van der Waals surface area contributed by atoms with E-state index >= 15 is 0 Å². The van der Waals surface area contributed by atoms with Gasteiger partial charge in [0.15, 0.2) is 11.5 Å². The second kappa shape index (κ2) is 5.45. The Morgan fingerprint density at radius 1 is 1.26 bits per heavy atom. The fourth-order valence-electron chi connectivity index (χ4n) is 2.26. The molecule has 0 bridgehead atoms. The first kappa shape index (κ1) is 13.3. The largest absolute Gasteiger partial charge is 0.454 e. The van der Waals surface area contributed by atoms with Crippen molar-refractivity contribution in [3.05, 3.63) is 60.0 Å². The highest BCUT2D eigenvalue weighted by Crippen LogP contribution is 2.31. The number of carbonyl (C=O) groups is 1. The van der Waals surface area contributed by atoms with E-state index in [1.54, 1.807) is 22.7 Å². The Labute approximate surface area is 131 Å². The molecule has 2 aromatic heterocycles. The number of nitrogens with one attached hydrogen (secondary N) is 1. The number of benzene rings is 1. The summed E-state index contributed by atoms with van der Waals surface area (Å²) < 4.78 is 12.3. The van der Waals surface area contributed by atoms with Crippen LogP contribution in [-0.2, 0) is 0 Å². The van der Waals surface area contributed by atoms with Crippen LogP contribution in [0.15, 0.2) is 53.9 Å². The number of hydrogen-bond donors (Lipinski definition) is 1. The Bertz CT molecular complexity index is 884. The summed E-state index contributed by atoms with van der Waals surface area (Å²) >= 11 is 0. The van der Waals surface area contributed by atoms with Gasteiger partial charge in [0.1, 0.15) is 11.3 Å². The molecule has 1 aliphatic rings. The lowest BCUT2D eigenvalue weighted by molar-refractivity contribution is 0.0951. The molecule has 1 aliphatic heterocycles.